The molecule has 3 rings (SSSR count). The maximum absolute atomic E-state index is 13.1. The van der Waals surface area contributed by atoms with Gasteiger partial charge >= 0.3 is 0 Å². The van der Waals surface area contributed by atoms with E-state index in [-0.39, 0.29) is 12.3 Å². The van der Waals surface area contributed by atoms with Crippen LogP contribution in [0.5, 0.6) is 5.75 Å². The molecule has 0 aliphatic carbocycles. The Hall–Kier alpha value is -2.33. The van der Waals surface area contributed by atoms with Crippen molar-refractivity contribution in [3.63, 3.8) is 0 Å². The van der Waals surface area contributed by atoms with Crippen molar-refractivity contribution in [2.45, 2.75) is 25.3 Å². The monoisotopic (exact) mass is 343 g/mol. The molecule has 0 bridgehead atoms. The third-order valence-corrected chi connectivity index (χ3v) is 4.71. The summed E-state index contributed by atoms with van der Waals surface area (Å²) in [6.07, 6.45) is 1.74. The first-order chi connectivity index (χ1) is 11.5. The number of hydrogen-bond acceptors (Lipinski definition) is 3. The molecule has 4 nitrogen and oxygen atoms in total. The maximum Gasteiger partial charge on any atom is 0.258 e. The van der Waals surface area contributed by atoms with Crippen LogP contribution in [0, 0.1) is 0 Å². The minimum Gasteiger partial charge on any atom is -0.497 e. The van der Waals surface area contributed by atoms with E-state index in [0.717, 1.165) is 23.3 Å². The van der Waals surface area contributed by atoms with Crippen molar-refractivity contribution < 1.29 is 14.3 Å². The Labute approximate surface area is 146 Å². The van der Waals surface area contributed by atoms with Gasteiger partial charge in [0.05, 0.1) is 12.6 Å². The van der Waals surface area contributed by atoms with E-state index in [1.165, 1.54) is 0 Å². The highest BCUT2D eigenvalue weighted by Crippen LogP contribution is 2.42. The number of methoxy groups -OCH3 is 1. The van der Waals surface area contributed by atoms with Crippen molar-refractivity contribution in [2.24, 2.45) is 0 Å². The number of anilines is 1. The normalized spacial score (nSPS) is 19.0. The van der Waals surface area contributed by atoms with E-state index in [1.807, 2.05) is 25.1 Å². The molecule has 2 aromatic rings. The summed E-state index contributed by atoms with van der Waals surface area (Å²) in [5.74, 6) is 0.600. The van der Waals surface area contributed by atoms with Gasteiger partial charge in [-0.05, 0) is 61.4 Å². The second kappa shape index (κ2) is 6.29. The fourth-order valence-corrected chi connectivity index (χ4v) is 3.37. The second-order valence-corrected chi connectivity index (χ2v) is 6.62. The lowest BCUT2D eigenvalue weighted by Crippen LogP contribution is -2.48. The van der Waals surface area contributed by atoms with Crippen molar-refractivity contribution >= 4 is 29.5 Å². The van der Waals surface area contributed by atoms with Gasteiger partial charge in [0.25, 0.3) is 5.91 Å². The molecule has 24 heavy (non-hydrogen) atoms. The number of halogens is 1. The number of aldehydes is 1. The molecule has 1 atom stereocenters. The Morgan fingerprint density at radius 1 is 1.29 bits per heavy atom. The van der Waals surface area contributed by atoms with Gasteiger partial charge in [-0.25, -0.2) is 0 Å². The molecule has 5 heteroatoms. The van der Waals surface area contributed by atoms with Gasteiger partial charge in [0.1, 0.15) is 12.0 Å². The molecule has 0 N–H and O–H groups in total. The van der Waals surface area contributed by atoms with Gasteiger partial charge in [-0.15, -0.1) is 0 Å². The zero-order chi connectivity index (χ0) is 17.3. The molecule has 1 aliphatic rings. The Morgan fingerprint density at radius 2 is 2.00 bits per heavy atom. The third-order valence-electron chi connectivity index (χ3n) is 4.46. The SMILES string of the molecule is COc1ccc2c(c1)CC(C)(CC=O)N2C(=O)c1ccc(Cl)cc1. The second-order valence-electron chi connectivity index (χ2n) is 6.19. The summed E-state index contributed by atoms with van der Waals surface area (Å²) in [6.45, 7) is 1.93. The molecule has 0 saturated carbocycles. The quantitative estimate of drug-likeness (QED) is 0.791. The van der Waals surface area contributed by atoms with E-state index < -0.39 is 5.54 Å². The predicted molar refractivity (Wildman–Crippen MR) is 94.0 cm³/mol. The predicted octanol–water partition coefficient (Wildman–Crippen LogP) is 3.90. The van der Waals surface area contributed by atoms with E-state index in [9.17, 15) is 9.59 Å². The zero-order valence-electron chi connectivity index (χ0n) is 13.6. The van der Waals surface area contributed by atoms with Crippen LogP contribution in [-0.4, -0.2) is 24.8 Å². The van der Waals surface area contributed by atoms with Crippen molar-refractivity contribution in [1.82, 2.24) is 0 Å². The van der Waals surface area contributed by atoms with E-state index in [4.69, 9.17) is 16.3 Å². The van der Waals surface area contributed by atoms with E-state index >= 15 is 0 Å². The van der Waals surface area contributed by atoms with Gasteiger partial charge in [0, 0.05) is 22.7 Å². The molecule has 1 amide bonds. The summed E-state index contributed by atoms with van der Waals surface area (Å²) in [5, 5.41) is 0.578. The van der Waals surface area contributed by atoms with Crippen molar-refractivity contribution in [2.75, 3.05) is 12.0 Å². The van der Waals surface area contributed by atoms with Crippen LogP contribution in [0.25, 0.3) is 0 Å². The Bertz CT molecular complexity index is 788. The molecule has 1 unspecified atom stereocenters. The fourth-order valence-electron chi connectivity index (χ4n) is 3.25. The van der Waals surface area contributed by atoms with E-state index in [1.54, 1.807) is 36.3 Å². The third kappa shape index (κ3) is 2.78. The summed E-state index contributed by atoms with van der Waals surface area (Å²) < 4.78 is 5.27. The summed E-state index contributed by atoms with van der Waals surface area (Å²) >= 11 is 5.91. The zero-order valence-corrected chi connectivity index (χ0v) is 14.3. The maximum atomic E-state index is 13.1. The van der Waals surface area contributed by atoms with E-state index in [0.29, 0.717) is 17.0 Å². The molecular weight excluding hydrogens is 326 g/mol. The lowest BCUT2D eigenvalue weighted by atomic mass is 9.93. The largest absolute Gasteiger partial charge is 0.497 e. The molecule has 1 heterocycles. The highest BCUT2D eigenvalue weighted by atomic mass is 35.5. The van der Waals surface area contributed by atoms with Gasteiger partial charge in [-0.2, -0.15) is 0 Å². The highest BCUT2D eigenvalue weighted by Gasteiger charge is 2.43. The molecule has 124 valence electrons. The first kappa shape index (κ1) is 16.5. The Morgan fingerprint density at radius 3 is 2.62 bits per heavy atom. The van der Waals surface area contributed by atoms with Crippen LogP contribution in [0.3, 0.4) is 0 Å². The molecule has 2 aromatic carbocycles. The molecule has 0 radical (unpaired) electrons. The lowest BCUT2D eigenvalue weighted by Gasteiger charge is -2.34. The summed E-state index contributed by atoms with van der Waals surface area (Å²) in [7, 11) is 1.61. The van der Waals surface area contributed by atoms with Gasteiger partial charge in [-0.1, -0.05) is 11.6 Å². The number of hydrogen-bond donors (Lipinski definition) is 0. The molecule has 0 spiro atoms. The number of ether oxygens (including phenoxy) is 1. The first-order valence-corrected chi connectivity index (χ1v) is 8.07. The average molecular weight is 344 g/mol. The van der Waals surface area contributed by atoms with Crippen LogP contribution >= 0.6 is 11.6 Å². The number of rotatable bonds is 4. The summed E-state index contributed by atoms with van der Waals surface area (Å²) in [6, 6.07) is 12.4. The standard InChI is InChI=1S/C19H18ClNO3/c1-19(9-10-22)12-14-11-16(24-2)7-8-17(14)21(19)18(23)13-3-5-15(20)6-4-13/h3-8,10-11H,9,12H2,1-2H3. The Kier molecular flexibility index (Phi) is 4.33. The number of fused-ring (bicyclic) bond motifs is 1. The van der Waals surface area contributed by atoms with Crippen LogP contribution in [0.2, 0.25) is 5.02 Å². The highest BCUT2D eigenvalue weighted by molar-refractivity contribution is 6.30. The number of carbonyl (C=O) groups excluding carboxylic acids is 2. The smallest absolute Gasteiger partial charge is 0.258 e. The summed E-state index contributed by atoms with van der Waals surface area (Å²) in [5.41, 5.74) is 1.77. The first-order valence-electron chi connectivity index (χ1n) is 7.69. The van der Waals surface area contributed by atoms with Crippen LogP contribution in [0.15, 0.2) is 42.5 Å². The molecule has 0 fully saturated rings. The average Bonchev–Trinajstić information content (AvgIpc) is 2.85. The summed E-state index contributed by atoms with van der Waals surface area (Å²) in [4.78, 5) is 26.0. The number of nitrogens with zero attached hydrogens (tertiary/aromatic N) is 1. The van der Waals surface area contributed by atoms with Crippen LogP contribution < -0.4 is 9.64 Å². The minimum atomic E-state index is -0.590. The number of amides is 1. The molecular formula is C19H18ClNO3. The van der Waals surface area contributed by atoms with Crippen LogP contribution in [0.4, 0.5) is 5.69 Å². The topological polar surface area (TPSA) is 46.6 Å². The number of benzene rings is 2. The van der Waals surface area contributed by atoms with E-state index in [2.05, 4.69) is 0 Å². The lowest BCUT2D eigenvalue weighted by molar-refractivity contribution is -0.108. The molecule has 0 aromatic heterocycles. The molecule has 1 aliphatic heterocycles. The van der Waals surface area contributed by atoms with Gasteiger partial charge in [0.15, 0.2) is 0 Å². The number of carbonyl (C=O) groups is 2. The van der Waals surface area contributed by atoms with Crippen molar-refractivity contribution in [3.05, 3.63) is 58.6 Å². The van der Waals surface area contributed by atoms with Gasteiger partial charge in [0.2, 0.25) is 0 Å². The van der Waals surface area contributed by atoms with Crippen LogP contribution in [0.1, 0.15) is 29.3 Å². The van der Waals surface area contributed by atoms with Crippen molar-refractivity contribution in [3.8, 4) is 5.75 Å². The minimum absolute atomic E-state index is 0.139. The van der Waals surface area contributed by atoms with Crippen LogP contribution in [-0.2, 0) is 11.2 Å². The molecule has 0 saturated heterocycles. The fraction of sp³-hybridized carbons (Fsp3) is 0.263. The van der Waals surface area contributed by atoms with Gasteiger partial charge in [-0.3, -0.25) is 4.79 Å². The van der Waals surface area contributed by atoms with Gasteiger partial charge < -0.3 is 14.4 Å². The Balaban J connectivity index is 2.07. The van der Waals surface area contributed by atoms with Crippen molar-refractivity contribution in [1.29, 1.82) is 0 Å².